The van der Waals surface area contributed by atoms with Gasteiger partial charge in [-0.25, -0.2) is 0 Å². The quantitative estimate of drug-likeness (QED) is 0.455. The standard InChI is InChI=1S/C12H8Cl2Si.Li.H/c13-15(14)11-7-3-1-5-9(11)10-6-2-4-8-12(10)15;;/h1-8H;;/q;+1;-1. The summed E-state index contributed by atoms with van der Waals surface area (Å²) < 4.78 is 0. The van der Waals surface area contributed by atoms with E-state index in [4.69, 9.17) is 22.2 Å². The zero-order valence-corrected chi connectivity index (χ0v) is 11.4. The molecule has 0 aliphatic carbocycles. The molecule has 0 bridgehead atoms. The first kappa shape index (κ1) is 12.3. The molecule has 0 unspecified atom stereocenters. The van der Waals surface area contributed by atoms with E-state index >= 15 is 0 Å². The van der Waals surface area contributed by atoms with Crippen molar-refractivity contribution < 1.29 is 20.3 Å². The second-order valence-corrected chi connectivity index (χ2v) is 9.87. The van der Waals surface area contributed by atoms with Crippen LogP contribution in [0.3, 0.4) is 0 Å². The van der Waals surface area contributed by atoms with Gasteiger partial charge in [0, 0.05) is 0 Å². The summed E-state index contributed by atoms with van der Waals surface area (Å²) >= 11 is 13.1. The number of hydrogen-bond acceptors (Lipinski definition) is 0. The van der Waals surface area contributed by atoms with Crippen LogP contribution in [-0.2, 0) is 0 Å². The summed E-state index contributed by atoms with van der Waals surface area (Å²) in [5, 5.41) is 2.24. The van der Waals surface area contributed by atoms with Crippen molar-refractivity contribution in [1.29, 1.82) is 0 Å². The largest absolute Gasteiger partial charge is 1.00 e. The fourth-order valence-electron chi connectivity index (χ4n) is 2.13. The molecular weight excluding hydrogens is 250 g/mol. The van der Waals surface area contributed by atoms with Crippen molar-refractivity contribution in [3.63, 3.8) is 0 Å². The van der Waals surface area contributed by atoms with E-state index in [-0.39, 0.29) is 20.3 Å². The van der Waals surface area contributed by atoms with Crippen LogP contribution in [0.15, 0.2) is 48.5 Å². The first-order valence-electron chi connectivity index (χ1n) is 4.78. The van der Waals surface area contributed by atoms with E-state index in [1.54, 1.807) is 0 Å². The van der Waals surface area contributed by atoms with Crippen molar-refractivity contribution in [2.75, 3.05) is 0 Å². The predicted octanol–water partition coefficient (Wildman–Crippen LogP) is -0.182. The van der Waals surface area contributed by atoms with E-state index in [1.165, 1.54) is 11.1 Å². The minimum absolute atomic E-state index is 0. The molecule has 76 valence electrons. The van der Waals surface area contributed by atoms with Gasteiger partial charge in [-0.2, -0.15) is 0 Å². The number of hydrogen-bond donors (Lipinski definition) is 0. The first-order chi connectivity index (χ1) is 7.21. The summed E-state index contributed by atoms with van der Waals surface area (Å²) in [4.78, 5) is 0. The Bertz CT molecular complexity index is 498. The average Bonchev–Trinajstić information content (AvgIpc) is 2.51. The fraction of sp³-hybridized carbons (Fsp3) is 0. The second kappa shape index (κ2) is 4.25. The topological polar surface area (TPSA) is 0 Å². The first-order valence-corrected chi connectivity index (χ1v) is 8.81. The second-order valence-electron chi connectivity index (χ2n) is 3.67. The van der Waals surface area contributed by atoms with E-state index in [2.05, 4.69) is 12.1 Å². The Hall–Kier alpha value is -0.166. The van der Waals surface area contributed by atoms with Gasteiger partial charge in [0.15, 0.2) is 0 Å². The van der Waals surface area contributed by atoms with Crippen LogP contribution in [0.1, 0.15) is 1.43 Å². The molecule has 1 heterocycles. The summed E-state index contributed by atoms with van der Waals surface area (Å²) in [7, 11) is 0. The zero-order chi connectivity index (χ0) is 10.5. The Kier molecular flexibility index (Phi) is 3.27. The fourth-order valence-corrected chi connectivity index (χ4v) is 6.12. The minimum Gasteiger partial charge on any atom is -1.00 e. The van der Waals surface area contributed by atoms with Crippen molar-refractivity contribution in [2.45, 2.75) is 0 Å². The number of fused-ring (bicyclic) bond motifs is 3. The molecule has 0 amide bonds. The van der Waals surface area contributed by atoms with E-state index in [0.717, 1.165) is 10.4 Å². The molecule has 0 nitrogen and oxygen atoms in total. The average molecular weight is 259 g/mol. The SMILES string of the molecule is Cl[Si]1(Cl)c2ccccc2-c2ccccc21.[H-].[Li+]. The van der Waals surface area contributed by atoms with Crippen LogP contribution in [0.25, 0.3) is 11.1 Å². The molecule has 0 radical (unpaired) electrons. The third-order valence-electron chi connectivity index (χ3n) is 2.82. The van der Waals surface area contributed by atoms with Crippen molar-refractivity contribution in [1.82, 2.24) is 0 Å². The van der Waals surface area contributed by atoms with Crippen LogP contribution in [0.5, 0.6) is 0 Å². The molecule has 0 saturated carbocycles. The van der Waals surface area contributed by atoms with Crippen molar-refractivity contribution >= 4 is 39.2 Å². The molecule has 2 aromatic rings. The molecule has 4 heteroatoms. The number of halogens is 2. The van der Waals surface area contributed by atoms with Crippen LogP contribution < -0.4 is 29.2 Å². The molecular formula is C12H9Cl2LiSi. The third-order valence-corrected chi connectivity index (χ3v) is 7.49. The number of benzene rings is 2. The summed E-state index contributed by atoms with van der Waals surface area (Å²) in [6.45, 7) is -2.44. The van der Waals surface area contributed by atoms with Crippen LogP contribution >= 0.6 is 22.2 Å². The maximum Gasteiger partial charge on any atom is 1.00 e. The molecule has 0 saturated heterocycles. The van der Waals surface area contributed by atoms with Gasteiger partial charge in [0.05, 0.1) is 0 Å². The van der Waals surface area contributed by atoms with E-state index in [9.17, 15) is 0 Å². The molecule has 0 aromatic heterocycles. The Morgan fingerprint density at radius 1 is 0.750 bits per heavy atom. The molecule has 0 spiro atoms. The molecule has 2 aromatic carbocycles. The minimum atomic E-state index is -2.44. The van der Waals surface area contributed by atoms with Gasteiger partial charge in [-0.3, -0.25) is 0 Å². The summed E-state index contributed by atoms with van der Waals surface area (Å²) in [5.41, 5.74) is 2.40. The van der Waals surface area contributed by atoms with Crippen molar-refractivity contribution in [3.05, 3.63) is 48.5 Å². The van der Waals surface area contributed by atoms with Gasteiger partial charge in [-0.05, 0) is 21.5 Å². The number of rotatable bonds is 0. The van der Waals surface area contributed by atoms with Crippen LogP contribution in [0, 0.1) is 0 Å². The molecule has 1 aliphatic rings. The van der Waals surface area contributed by atoms with Crippen LogP contribution in [0.4, 0.5) is 0 Å². The predicted molar refractivity (Wildman–Crippen MR) is 69.7 cm³/mol. The molecule has 16 heavy (non-hydrogen) atoms. The summed E-state index contributed by atoms with van der Waals surface area (Å²) in [6, 6.07) is 16.3. The van der Waals surface area contributed by atoms with Gasteiger partial charge >= 0.3 is 25.6 Å². The Morgan fingerprint density at radius 3 is 1.56 bits per heavy atom. The maximum atomic E-state index is 6.53. The normalized spacial score (nSPS) is 14.9. The Labute approximate surface area is 119 Å². The molecule has 0 N–H and O–H groups in total. The Morgan fingerprint density at radius 2 is 1.12 bits per heavy atom. The van der Waals surface area contributed by atoms with Crippen molar-refractivity contribution in [2.24, 2.45) is 0 Å². The van der Waals surface area contributed by atoms with Gasteiger partial charge < -0.3 is 1.43 Å². The van der Waals surface area contributed by atoms with E-state index < -0.39 is 6.69 Å². The van der Waals surface area contributed by atoms with Crippen molar-refractivity contribution in [3.8, 4) is 11.1 Å². The smallest absolute Gasteiger partial charge is 1.00 e. The zero-order valence-electron chi connectivity index (χ0n) is 9.87. The molecule has 0 fully saturated rings. The van der Waals surface area contributed by atoms with Crippen LogP contribution in [-0.4, -0.2) is 6.69 Å². The molecule has 1 aliphatic heterocycles. The summed E-state index contributed by atoms with van der Waals surface area (Å²) in [5.74, 6) is 0. The van der Waals surface area contributed by atoms with E-state index in [1.807, 2.05) is 36.4 Å². The Balaban J connectivity index is 0.000000722. The van der Waals surface area contributed by atoms with Gasteiger partial charge in [-0.1, -0.05) is 48.5 Å². The van der Waals surface area contributed by atoms with Gasteiger partial charge in [0.2, 0.25) is 0 Å². The van der Waals surface area contributed by atoms with Gasteiger partial charge in [-0.15, -0.1) is 22.2 Å². The monoisotopic (exact) mass is 258 g/mol. The maximum absolute atomic E-state index is 6.53. The van der Waals surface area contributed by atoms with Crippen LogP contribution in [0.2, 0.25) is 0 Å². The third kappa shape index (κ3) is 1.59. The van der Waals surface area contributed by atoms with E-state index in [0.29, 0.717) is 0 Å². The molecule has 0 atom stereocenters. The molecule has 3 rings (SSSR count). The van der Waals surface area contributed by atoms with Gasteiger partial charge in [0.1, 0.15) is 0 Å². The van der Waals surface area contributed by atoms with Gasteiger partial charge in [0.25, 0.3) is 0 Å². The summed E-state index contributed by atoms with van der Waals surface area (Å²) in [6.07, 6.45) is 0.